The van der Waals surface area contributed by atoms with Crippen LogP contribution >= 0.6 is 15.9 Å². The number of hydrogen-bond acceptors (Lipinski definition) is 2. The average molecular weight is 301 g/mol. The lowest BCUT2D eigenvalue weighted by Crippen LogP contribution is -2.13. The lowest BCUT2D eigenvalue weighted by molar-refractivity contribution is -0.143. The van der Waals surface area contributed by atoms with Crippen LogP contribution in [-0.4, -0.2) is 20.9 Å². The number of aromatic nitrogens is 2. The van der Waals surface area contributed by atoms with Gasteiger partial charge in [-0.3, -0.25) is 4.79 Å². The summed E-state index contributed by atoms with van der Waals surface area (Å²) in [4.78, 5) is 10.4. The Morgan fingerprint density at radius 2 is 2.12 bits per heavy atom. The van der Waals surface area contributed by atoms with Crippen molar-refractivity contribution in [1.29, 1.82) is 0 Å². The number of carboxylic acids is 1. The number of hydrogen-bond donors (Lipinski definition) is 1. The molecule has 1 heterocycles. The van der Waals surface area contributed by atoms with Gasteiger partial charge in [-0.25, -0.2) is 4.68 Å². The first kappa shape index (κ1) is 13.0. The van der Waals surface area contributed by atoms with E-state index in [4.69, 9.17) is 5.11 Å². The van der Waals surface area contributed by atoms with Crippen molar-refractivity contribution in [2.24, 2.45) is 0 Å². The molecule has 0 atom stereocenters. The van der Waals surface area contributed by atoms with Crippen molar-refractivity contribution in [2.45, 2.75) is 26.1 Å². The van der Waals surface area contributed by atoms with Crippen molar-refractivity contribution in [3.63, 3.8) is 0 Å². The highest BCUT2D eigenvalue weighted by Gasteiger charge is 2.38. The van der Waals surface area contributed by atoms with Gasteiger partial charge in [0.15, 0.2) is 5.69 Å². The van der Waals surface area contributed by atoms with E-state index in [9.17, 15) is 18.0 Å². The second-order valence-corrected chi connectivity index (χ2v) is 3.77. The lowest BCUT2D eigenvalue weighted by Gasteiger charge is -2.03. The number of rotatable bonds is 3. The first-order valence-electron chi connectivity index (χ1n) is 4.31. The maximum atomic E-state index is 12.5. The Bertz CT molecular complexity index is 414. The van der Waals surface area contributed by atoms with Crippen molar-refractivity contribution in [3.8, 4) is 0 Å². The first-order valence-corrected chi connectivity index (χ1v) is 5.10. The van der Waals surface area contributed by atoms with E-state index in [0.717, 1.165) is 4.68 Å². The second kappa shape index (κ2) is 4.44. The van der Waals surface area contributed by atoms with E-state index in [1.165, 1.54) is 0 Å². The van der Waals surface area contributed by atoms with Gasteiger partial charge in [-0.15, -0.1) is 0 Å². The molecule has 0 saturated heterocycles. The summed E-state index contributed by atoms with van der Waals surface area (Å²) < 4.78 is 38.4. The third-order valence-corrected chi connectivity index (χ3v) is 2.78. The summed E-state index contributed by atoms with van der Waals surface area (Å²) >= 11 is 2.92. The summed E-state index contributed by atoms with van der Waals surface area (Å²) in [6.45, 7) is 0.936. The molecule has 1 N–H and O–H groups in total. The molecule has 0 aliphatic heterocycles. The molecule has 0 spiro atoms. The zero-order valence-electron chi connectivity index (χ0n) is 8.18. The first-order chi connectivity index (χ1) is 7.27. The van der Waals surface area contributed by atoms with Gasteiger partial charge in [-0.2, -0.15) is 18.3 Å². The zero-order chi connectivity index (χ0) is 12.5. The van der Waals surface area contributed by atoms with Crippen molar-refractivity contribution in [2.75, 3.05) is 0 Å². The molecular formula is C8H8BrF3N2O2. The van der Waals surface area contributed by atoms with E-state index in [-0.39, 0.29) is 16.6 Å². The third-order valence-electron chi connectivity index (χ3n) is 1.89. The highest BCUT2D eigenvalue weighted by atomic mass is 79.9. The zero-order valence-corrected chi connectivity index (χ0v) is 9.76. The molecular weight excluding hydrogens is 293 g/mol. The van der Waals surface area contributed by atoms with Gasteiger partial charge < -0.3 is 5.11 Å². The van der Waals surface area contributed by atoms with Crippen molar-refractivity contribution < 1.29 is 23.1 Å². The molecule has 16 heavy (non-hydrogen) atoms. The van der Waals surface area contributed by atoms with Crippen molar-refractivity contribution >= 4 is 21.9 Å². The fourth-order valence-electron chi connectivity index (χ4n) is 1.25. The largest absolute Gasteiger partial charge is 0.480 e. The highest BCUT2D eigenvalue weighted by Crippen LogP contribution is 2.34. The van der Waals surface area contributed by atoms with Crippen LogP contribution in [0, 0.1) is 0 Å². The van der Waals surface area contributed by atoms with Crippen LogP contribution < -0.4 is 0 Å². The molecule has 0 aliphatic rings. The highest BCUT2D eigenvalue weighted by molar-refractivity contribution is 9.10. The maximum Gasteiger partial charge on any atom is 0.435 e. The van der Waals surface area contributed by atoms with Crippen LogP contribution in [-0.2, 0) is 23.9 Å². The third kappa shape index (κ3) is 2.55. The fourth-order valence-corrected chi connectivity index (χ4v) is 1.93. The topological polar surface area (TPSA) is 55.1 Å². The van der Waals surface area contributed by atoms with Gasteiger partial charge in [-0.1, -0.05) is 6.92 Å². The fraction of sp³-hybridized carbons (Fsp3) is 0.500. The van der Waals surface area contributed by atoms with E-state index in [1.54, 1.807) is 6.92 Å². The minimum absolute atomic E-state index is 0.0336. The molecule has 1 aromatic heterocycles. The van der Waals surface area contributed by atoms with Gasteiger partial charge in [0.25, 0.3) is 0 Å². The van der Waals surface area contributed by atoms with Crippen molar-refractivity contribution in [1.82, 2.24) is 9.78 Å². The summed E-state index contributed by atoms with van der Waals surface area (Å²) in [6.07, 6.45) is -4.45. The van der Waals surface area contributed by atoms with E-state index in [0.29, 0.717) is 0 Å². The van der Waals surface area contributed by atoms with E-state index < -0.39 is 24.4 Å². The Balaban J connectivity index is 3.25. The van der Waals surface area contributed by atoms with E-state index in [1.807, 2.05) is 0 Å². The van der Waals surface area contributed by atoms with Crippen molar-refractivity contribution in [3.05, 3.63) is 15.9 Å². The van der Waals surface area contributed by atoms with E-state index in [2.05, 4.69) is 21.0 Å². The molecule has 90 valence electrons. The number of halogens is 4. The molecule has 0 fully saturated rings. The summed E-state index contributed by atoms with van der Waals surface area (Å²) in [5, 5.41) is 11.8. The molecule has 0 radical (unpaired) electrons. The van der Waals surface area contributed by atoms with Crippen LogP contribution in [0.3, 0.4) is 0 Å². The predicted octanol–water partition coefficient (Wildman–Crippen LogP) is 2.31. The van der Waals surface area contributed by atoms with Crippen LogP contribution in [0.4, 0.5) is 13.2 Å². The average Bonchev–Trinajstić information content (AvgIpc) is 2.42. The summed E-state index contributed by atoms with van der Waals surface area (Å²) in [5.41, 5.74) is -1.07. The molecule has 0 aliphatic carbocycles. The Labute approximate surface area is 97.2 Å². The number of nitrogens with zero attached hydrogens (tertiary/aromatic N) is 2. The minimum Gasteiger partial charge on any atom is -0.480 e. The number of alkyl halides is 3. The summed E-state index contributed by atoms with van der Waals surface area (Å²) in [5.74, 6) is -1.25. The van der Waals surface area contributed by atoms with Gasteiger partial charge in [-0.05, 0) is 22.4 Å². The number of carbonyl (C=O) groups is 1. The lowest BCUT2D eigenvalue weighted by atomic mass is 10.2. The van der Waals surface area contributed by atoms with Crippen LogP contribution in [0.5, 0.6) is 0 Å². The molecule has 8 heteroatoms. The molecule has 1 rings (SSSR count). The SMILES string of the molecule is CCc1c(C(F)(F)F)nn(CC(=O)O)c1Br. The van der Waals surface area contributed by atoms with Crippen LogP contribution in [0.25, 0.3) is 0 Å². The Morgan fingerprint density at radius 1 is 1.56 bits per heavy atom. The van der Waals surface area contributed by atoms with Crippen LogP contribution in [0.1, 0.15) is 18.2 Å². The molecule has 0 amide bonds. The monoisotopic (exact) mass is 300 g/mol. The van der Waals surface area contributed by atoms with Gasteiger partial charge in [0, 0.05) is 5.56 Å². The molecule has 0 saturated carbocycles. The number of carboxylic acid groups (broad SMARTS) is 1. The summed E-state index contributed by atoms with van der Waals surface area (Å²) in [7, 11) is 0. The molecule has 0 unspecified atom stereocenters. The standard InChI is InChI=1S/C8H8BrF3N2O2/c1-2-4-6(8(10,11)12)13-14(7(4)9)3-5(15)16/h2-3H2,1H3,(H,15,16). The van der Waals surface area contributed by atoms with Crippen LogP contribution in [0.15, 0.2) is 4.60 Å². The van der Waals surface area contributed by atoms with Gasteiger partial charge in [0.1, 0.15) is 11.1 Å². The quantitative estimate of drug-likeness (QED) is 0.932. The van der Waals surface area contributed by atoms with Crippen LogP contribution in [0.2, 0.25) is 0 Å². The summed E-state index contributed by atoms with van der Waals surface area (Å²) in [6, 6.07) is 0. The smallest absolute Gasteiger partial charge is 0.435 e. The molecule has 0 bridgehead atoms. The normalized spacial score (nSPS) is 11.8. The van der Waals surface area contributed by atoms with Gasteiger partial charge in [0.2, 0.25) is 0 Å². The molecule has 0 aromatic carbocycles. The Morgan fingerprint density at radius 3 is 2.44 bits per heavy atom. The minimum atomic E-state index is -4.57. The van der Waals surface area contributed by atoms with Gasteiger partial charge in [0.05, 0.1) is 0 Å². The Hall–Kier alpha value is -1.05. The molecule has 4 nitrogen and oxygen atoms in total. The predicted molar refractivity (Wildman–Crippen MR) is 51.9 cm³/mol. The second-order valence-electron chi connectivity index (χ2n) is 3.02. The number of aliphatic carboxylic acids is 1. The van der Waals surface area contributed by atoms with E-state index >= 15 is 0 Å². The Kier molecular flexibility index (Phi) is 3.61. The maximum absolute atomic E-state index is 12.5. The molecule has 1 aromatic rings. The van der Waals surface area contributed by atoms with Gasteiger partial charge >= 0.3 is 12.1 Å².